The molecule has 2 aromatic carbocycles. The first-order valence-electron chi connectivity index (χ1n) is 7.00. The Bertz CT molecular complexity index is 702. The maximum Gasteiger partial charge on any atom is 0.164 e. The zero-order valence-corrected chi connectivity index (χ0v) is 12.9. The van der Waals surface area contributed by atoms with E-state index in [0.29, 0.717) is 18.1 Å². The maximum absolute atomic E-state index is 5.73. The second-order valence-corrected chi connectivity index (χ2v) is 4.86. The summed E-state index contributed by atoms with van der Waals surface area (Å²) < 4.78 is 21.7. The molecule has 0 radical (unpaired) electrons. The minimum absolute atomic E-state index is 0.532. The predicted octanol–water partition coefficient (Wildman–Crippen LogP) is 3.54. The lowest BCUT2D eigenvalue weighted by Crippen LogP contribution is -2.06. The molecule has 0 saturated heterocycles. The molecule has 2 aromatic rings. The zero-order chi connectivity index (χ0) is 15.5. The number of methoxy groups -OCH3 is 3. The van der Waals surface area contributed by atoms with Gasteiger partial charge < -0.3 is 18.9 Å². The van der Waals surface area contributed by atoms with Gasteiger partial charge >= 0.3 is 0 Å². The topological polar surface area (TPSA) is 36.9 Å². The lowest BCUT2D eigenvalue weighted by atomic mass is 9.95. The molecule has 22 heavy (non-hydrogen) atoms. The van der Waals surface area contributed by atoms with Gasteiger partial charge in [0.1, 0.15) is 18.1 Å². The molecule has 114 valence electrons. The Balaban J connectivity index is 2.06. The molecule has 1 heterocycles. The molecule has 0 aliphatic carbocycles. The summed E-state index contributed by atoms with van der Waals surface area (Å²) in [5.41, 5.74) is 3.22. The lowest BCUT2D eigenvalue weighted by Gasteiger charge is -2.21. The Kier molecular flexibility index (Phi) is 3.92. The molecule has 0 unspecified atom stereocenters. The Morgan fingerprint density at radius 2 is 1.55 bits per heavy atom. The van der Waals surface area contributed by atoms with Crippen LogP contribution < -0.4 is 18.9 Å². The molecule has 1 aliphatic rings. The van der Waals surface area contributed by atoms with Crippen LogP contribution in [-0.4, -0.2) is 27.9 Å². The van der Waals surface area contributed by atoms with Gasteiger partial charge in [-0.3, -0.25) is 0 Å². The van der Waals surface area contributed by atoms with E-state index in [4.69, 9.17) is 18.9 Å². The Morgan fingerprint density at radius 3 is 2.18 bits per heavy atom. The average Bonchev–Trinajstić information content (AvgIpc) is 2.60. The van der Waals surface area contributed by atoms with E-state index in [2.05, 4.69) is 6.08 Å². The first-order valence-corrected chi connectivity index (χ1v) is 7.00. The molecule has 4 nitrogen and oxygen atoms in total. The molecule has 0 aromatic heterocycles. The molecule has 3 rings (SSSR count). The second kappa shape index (κ2) is 6.02. The summed E-state index contributed by atoms with van der Waals surface area (Å²) in [5, 5.41) is 0. The van der Waals surface area contributed by atoms with Gasteiger partial charge in [0.15, 0.2) is 11.5 Å². The zero-order valence-electron chi connectivity index (χ0n) is 12.9. The summed E-state index contributed by atoms with van der Waals surface area (Å²) in [7, 11) is 4.91. The molecule has 0 atom stereocenters. The molecule has 0 amide bonds. The summed E-state index contributed by atoms with van der Waals surface area (Å²) in [6.07, 6.45) is 2.07. The Morgan fingerprint density at radius 1 is 0.864 bits per heavy atom. The number of hydrogen-bond acceptors (Lipinski definition) is 4. The number of rotatable bonds is 4. The third-order valence-corrected chi connectivity index (χ3v) is 3.70. The van der Waals surface area contributed by atoms with Crippen molar-refractivity contribution >= 4 is 5.57 Å². The molecular formula is C18H18O4. The number of ether oxygens (including phenoxy) is 4. The normalized spacial score (nSPS) is 12.8. The largest absolute Gasteiger partial charge is 0.497 e. The fourth-order valence-electron chi connectivity index (χ4n) is 2.56. The van der Waals surface area contributed by atoms with Crippen LogP contribution in [-0.2, 0) is 0 Å². The van der Waals surface area contributed by atoms with Gasteiger partial charge in [-0.25, -0.2) is 0 Å². The molecule has 0 bridgehead atoms. The van der Waals surface area contributed by atoms with Crippen LogP contribution in [0.1, 0.15) is 11.1 Å². The van der Waals surface area contributed by atoms with E-state index < -0.39 is 0 Å². The van der Waals surface area contributed by atoms with Crippen LogP contribution >= 0.6 is 0 Å². The van der Waals surface area contributed by atoms with Gasteiger partial charge in [-0.2, -0.15) is 0 Å². The molecular weight excluding hydrogens is 280 g/mol. The standard InChI is InChI=1S/C18H18O4/c1-19-13-6-4-12(5-7-13)14-8-9-22-16-11-18(21-3)17(20-2)10-15(14)16/h4-8,10-11H,9H2,1-3H3. The van der Waals surface area contributed by atoms with Crippen molar-refractivity contribution in [3.8, 4) is 23.0 Å². The van der Waals surface area contributed by atoms with E-state index in [1.54, 1.807) is 21.3 Å². The highest BCUT2D eigenvalue weighted by Gasteiger charge is 2.19. The van der Waals surface area contributed by atoms with E-state index in [1.807, 2.05) is 36.4 Å². The quantitative estimate of drug-likeness (QED) is 0.865. The van der Waals surface area contributed by atoms with Gasteiger partial charge in [0.05, 0.1) is 21.3 Å². The summed E-state index contributed by atoms with van der Waals surface area (Å²) >= 11 is 0. The van der Waals surface area contributed by atoms with Gasteiger partial charge in [0.25, 0.3) is 0 Å². The van der Waals surface area contributed by atoms with Crippen LogP contribution in [0.15, 0.2) is 42.5 Å². The molecule has 0 spiro atoms. The minimum atomic E-state index is 0.532. The highest BCUT2D eigenvalue weighted by Crippen LogP contribution is 2.41. The SMILES string of the molecule is COc1ccc(C2=CCOc3cc(OC)c(OC)cc32)cc1. The van der Waals surface area contributed by atoms with Crippen LogP contribution in [0.2, 0.25) is 0 Å². The predicted molar refractivity (Wildman–Crippen MR) is 85.1 cm³/mol. The van der Waals surface area contributed by atoms with Gasteiger partial charge in [0.2, 0.25) is 0 Å². The fourth-order valence-corrected chi connectivity index (χ4v) is 2.56. The Labute approximate surface area is 129 Å². The van der Waals surface area contributed by atoms with Crippen molar-refractivity contribution < 1.29 is 18.9 Å². The summed E-state index contributed by atoms with van der Waals surface area (Å²) in [5.74, 6) is 2.98. The summed E-state index contributed by atoms with van der Waals surface area (Å²) in [4.78, 5) is 0. The van der Waals surface area contributed by atoms with Crippen molar-refractivity contribution in [2.24, 2.45) is 0 Å². The van der Waals surface area contributed by atoms with Crippen LogP contribution in [0.5, 0.6) is 23.0 Å². The molecule has 1 aliphatic heterocycles. The highest BCUT2D eigenvalue weighted by atomic mass is 16.5. The van der Waals surface area contributed by atoms with E-state index >= 15 is 0 Å². The van der Waals surface area contributed by atoms with Crippen molar-refractivity contribution in [3.63, 3.8) is 0 Å². The summed E-state index contributed by atoms with van der Waals surface area (Å²) in [6.45, 7) is 0.532. The van der Waals surface area contributed by atoms with Crippen LogP contribution in [0, 0.1) is 0 Å². The highest BCUT2D eigenvalue weighted by molar-refractivity contribution is 5.85. The van der Waals surface area contributed by atoms with Crippen molar-refractivity contribution in [1.82, 2.24) is 0 Å². The van der Waals surface area contributed by atoms with Crippen LogP contribution in [0.4, 0.5) is 0 Å². The van der Waals surface area contributed by atoms with Gasteiger partial charge in [-0.15, -0.1) is 0 Å². The fraction of sp³-hybridized carbons (Fsp3) is 0.222. The molecule has 4 heteroatoms. The first-order chi connectivity index (χ1) is 10.8. The monoisotopic (exact) mass is 298 g/mol. The van der Waals surface area contributed by atoms with Crippen molar-refractivity contribution in [2.45, 2.75) is 0 Å². The van der Waals surface area contributed by atoms with E-state index in [9.17, 15) is 0 Å². The minimum Gasteiger partial charge on any atom is -0.497 e. The van der Waals surface area contributed by atoms with Crippen molar-refractivity contribution in [1.29, 1.82) is 0 Å². The van der Waals surface area contributed by atoms with Gasteiger partial charge in [-0.1, -0.05) is 12.1 Å². The maximum atomic E-state index is 5.73. The van der Waals surface area contributed by atoms with E-state index in [-0.39, 0.29) is 0 Å². The Hall–Kier alpha value is -2.62. The molecule has 0 N–H and O–H groups in total. The van der Waals surface area contributed by atoms with Crippen LogP contribution in [0.3, 0.4) is 0 Å². The summed E-state index contributed by atoms with van der Waals surface area (Å²) in [6, 6.07) is 11.8. The van der Waals surface area contributed by atoms with Crippen LogP contribution in [0.25, 0.3) is 5.57 Å². The average molecular weight is 298 g/mol. The van der Waals surface area contributed by atoms with E-state index in [1.165, 1.54) is 0 Å². The van der Waals surface area contributed by atoms with Crippen molar-refractivity contribution in [2.75, 3.05) is 27.9 Å². The van der Waals surface area contributed by atoms with Crippen molar-refractivity contribution in [3.05, 3.63) is 53.6 Å². The second-order valence-electron chi connectivity index (χ2n) is 4.86. The van der Waals surface area contributed by atoms with Gasteiger partial charge in [0, 0.05) is 11.6 Å². The molecule has 0 fully saturated rings. The third-order valence-electron chi connectivity index (χ3n) is 3.70. The van der Waals surface area contributed by atoms with E-state index in [0.717, 1.165) is 28.2 Å². The first kappa shape index (κ1) is 14.3. The number of hydrogen-bond donors (Lipinski definition) is 0. The molecule has 0 saturated carbocycles. The number of fused-ring (bicyclic) bond motifs is 1. The lowest BCUT2D eigenvalue weighted by molar-refractivity contribution is 0.336. The van der Waals surface area contributed by atoms with Gasteiger partial charge in [-0.05, 0) is 35.4 Å². The third kappa shape index (κ3) is 2.48. The number of benzene rings is 2. The smallest absolute Gasteiger partial charge is 0.164 e.